The van der Waals surface area contributed by atoms with Crippen molar-refractivity contribution in [2.24, 2.45) is 0 Å². The number of nitrogens with one attached hydrogen (secondary N) is 1. The summed E-state index contributed by atoms with van der Waals surface area (Å²) in [5.74, 6) is -0.482. The third-order valence-electron chi connectivity index (χ3n) is 2.21. The molecule has 0 saturated carbocycles. The summed E-state index contributed by atoms with van der Waals surface area (Å²) in [5.41, 5.74) is 0.152. The molecule has 102 valence electrons. The summed E-state index contributed by atoms with van der Waals surface area (Å²) >= 11 is 0. The molecule has 1 heterocycles. The Bertz CT molecular complexity index is 396. The van der Waals surface area contributed by atoms with Gasteiger partial charge in [0, 0.05) is 6.61 Å². The van der Waals surface area contributed by atoms with Crippen LogP contribution >= 0.6 is 0 Å². The molecule has 0 radical (unpaired) electrons. The lowest BCUT2D eigenvalue weighted by molar-refractivity contribution is 0.00489. The van der Waals surface area contributed by atoms with Gasteiger partial charge in [0.2, 0.25) is 0 Å². The van der Waals surface area contributed by atoms with E-state index in [0.29, 0.717) is 12.3 Å². The number of aromatic nitrogens is 3. The van der Waals surface area contributed by atoms with E-state index in [4.69, 9.17) is 9.47 Å². The summed E-state index contributed by atoms with van der Waals surface area (Å²) in [6.07, 6.45) is 0.479. The number of carbonyl (C=O) groups excluding carboxylic acids is 1. The lowest BCUT2D eigenvalue weighted by Crippen LogP contribution is -2.25. The number of carbonyl (C=O) groups is 1. The maximum Gasteiger partial charge on any atom is 0.361 e. The lowest BCUT2D eigenvalue weighted by Gasteiger charge is -2.19. The summed E-state index contributed by atoms with van der Waals surface area (Å²) in [5, 5.41) is 10.3. The Hall–Kier alpha value is -1.43. The molecule has 0 saturated heterocycles. The van der Waals surface area contributed by atoms with Crippen LogP contribution in [0, 0.1) is 0 Å². The van der Waals surface area contributed by atoms with Gasteiger partial charge in [-0.3, -0.25) is 0 Å². The molecule has 0 amide bonds. The van der Waals surface area contributed by atoms with Gasteiger partial charge in [0.1, 0.15) is 17.4 Å². The number of H-pyrrole nitrogens is 1. The molecule has 0 spiro atoms. The average molecular weight is 255 g/mol. The van der Waals surface area contributed by atoms with Gasteiger partial charge in [-0.15, -0.1) is 5.10 Å². The van der Waals surface area contributed by atoms with Crippen LogP contribution in [0.4, 0.5) is 0 Å². The molecule has 1 aromatic heterocycles. The van der Waals surface area contributed by atoms with E-state index < -0.39 is 11.6 Å². The largest absolute Gasteiger partial charge is 0.455 e. The maximum absolute atomic E-state index is 12.0. The van der Waals surface area contributed by atoms with Crippen molar-refractivity contribution in [3.63, 3.8) is 0 Å². The average Bonchev–Trinajstić information content (AvgIpc) is 2.72. The van der Waals surface area contributed by atoms with Crippen molar-refractivity contribution in [2.75, 3.05) is 6.61 Å². The van der Waals surface area contributed by atoms with Gasteiger partial charge in [0.15, 0.2) is 5.69 Å². The lowest BCUT2D eigenvalue weighted by atomic mass is 10.1. The van der Waals surface area contributed by atoms with Crippen molar-refractivity contribution in [2.45, 2.75) is 52.7 Å². The third-order valence-corrected chi connectivity index (χ3v) is 2.21. The normalized spacial score (nSPS) is 13.4. The second-order valence-electron chi connectivity index (χ2n) is 4.91. The van der Waals surface area contributed by atoms with Crippen LogP contribution in [-0.4, -0.2) is 33.6 Å². The molecule has 1 rings (SSSR count). The smallest absolute Gasteiger partial charge is 0.361 e. The number of aromatic amines is 1. The van der Waals surface area contributed by atoms with Gasteiger partial charge in [-0.2, -0.15) is 10.3 Å². The van der Waals surface area contributed by atoms with Gasteiger partial charge < -0.3 is 9.47 Å². The molecule has 6 nitrogen and oxygen atoms in total. The Morgan fingerprint density at radius 2 is 2.00 bits per heavy atom. The predicted octanol–water partition coefficient (Wildman–Crippen LogP) is 2.25. The Kier molecular flexibility index (Phi) is 4.84. The zero-order valence-corrected chi connectivity index (χ0v) is 11.6. The first-order valence-corrected chi connectivity index (χ1v) is 6.14. The Balaban J connectivity index is 2.91. The van der Waals surface area contributed by atoms with Crippen molar-refractivity contribution >= 4 is 5.97 Å². The maximum atomic E-state index is 12.0. The van der Waals surface area contributed by atoms with Crippen molar-refractivity contribution in [3.05, 3.63) is 11.4 Å². The highest BCUT2D eigenvalue weighted by Crippen LogP contribution is 2.22. The van der Waals surface area contributed by atoms with Crippen LogP contribution in [0.25, 0.3) is 0 Å². The number of esters is 1. The van der Waals surface area contributed by atoms with Crippen LogP contribution in [0.1, 0.15) is 63.3 Å². The van der Waals surface area contributed by atoms with Crippen molar-refractivity contribution < 1.29 is 14.3 Å². The molecule has 0 aromatic carbocycles. The molecule has 1 N–H and O–H groups in total. The first-order valence-electron chi connectivity index (χ1n) is 6.14. The van der Waals surface area contributed by atoms with Crippen molar-refractivity contribution in [3.8, 4) is 0 Å². The van der Waals surface area contributed by atoms with E-state index in [1.807, 2.05) is 34.6 Å². The monoisotopic (exact) mass is 255 g/mol. The molecule has 0 aliphatic heterocycles. The predicted molar refractivity (Wildman–Crippen MR) is 66.2 cm³/mol. The zero-order chi connectivity index (χ0) is 13.8. The van der Waals surface area contributed by atoms with Crippen LogP contribution in [0.5, 0.6) is 0 Å². The first-order chi connectivity index (χ1) is 8.39. The van der Waals surface area contributed by atoms with E-state index in [1.165, 1.54) is 0 Å². The van der Waals surface area contributed by atoms with E-state index in [-0.39, 0.29) is 11.8 Å². The molecule has 1 unspecified atom stereocenters. The van der Waals surface area contributed by atoms with Crippen molar-refractivity contribution in [1.29, 1.82) is 0 Å². The number of rotatable bonds is 5. The standard InChI is InChI=1S/C12H21N3O3/c1-6-8(17-7-2)9-10(14-15-13-9)11(16)18-12(3,4)5/h8H,6-7H2,1-5H3,(H,13,14,15). The summed E-state index contributed by atoms with van der Waals surface area (Å²) in [4.78, 5) is 12.0. The van der Waals surface area contributed by atoms with Crippen LogP contribution in [-0.2, 0) is 9.47 Å². The van der Waals surface area contributed by atoms with Gasteiger partial charge >= 0.3 is 5.97 Å². The molecule has 0 fully saturated rings. The Labute approximate surface area is 107 Å². The SMILES string of the molecule is CCOC(CC)c1n[nH]nc1C(=O)OC(C)(C)C. The van der Waals surface area contributed by atoms with E-state index in [1.54, 1.807) is 0 Å². The van der Waals surface area contributed by atoms with Crippen LogP contribution < -0.4 is 0 Å². The topological polar surface area (TPSA) is 77.1 Å². The Morgan fingerprint density at radius 3 is 2.50 bits per heavy atom. The second-order valence-corrected chi connectivity index (χ2v) is 4.91. The number of nitrogens with zero attached hydrogens (tertiary/aromatic N) is 2. The highest BCUT2D eigenvalue weighted by atomic mass is 16.6. The van der Waals surface area contributed by atoms with Gasteiger partial charge in [-0.25, -0.2) is 4.79 Å². The second kappa shape index (κ2) is 5.95. The number of hydrogen-bond donors (Lipinski definition) is 1. The van der Waals surface area contributed by atoms with Crippen LogP contribution in [0.3, 0.4) is 0 Å². The number of hydrogen-bond acceptors (Lipinski definition) is 5. The molecule has 18 heavy (non-hydrogen) atoms. The fourth-order valence-corrected chi connectivity index (χ4v) is 1.53. The summed E-state index contributed by atoms with van der Waals surface area (Å²) in [6, 6.07) is 0. The highest BCUT2D eigenvalue weighted by Gasteiger charge is 2.27. The van der Waals surface area contributed by atoms with Gasteiger partial charge in [0.05, 0.1) is 0 Å². The summed E-state index contributed by atoms with van der Waals surface area (Å²) in [6.45, 7) is 9.85. The fourth-order valence-electron chi connectivity index (χ4n) is 1.53. The minimum Gasteiger partial charge on any atom is -0.455 e. The van der Waals surface area contributed by atoms with Crippen LogP contribution in [0.2, 0.25) is 0 Å². The van der Waals surface area contributed by atoms with E-state index in [0.717, 1.165) is 6.42 Å². The fraction of sp³-hybridized carbons (Fsp3) is 0.750. The van der Waals surface area contributed by atoms with Gasteiger partial charge in [0.25, 0.3) is 0 Å². The quantitative estimate of drug-likeness (QED) is 0.816. The molecular weight excluding hydrogens is 234 g/mol. The van der Waals surface area contributed by atoms with Gasteiger partial charge in [-0.1, -0.05) is 6.92 Å². The van der Waals surface area contributed by atoms with E-state index in [9.17, 15) is 4.79 Å². The Morgan fingerprint density at radius 1 is 1.33 bits per heavy atom. The minimum absolute atomic E-state index is 0.199. The van der Waals surface area contributed by atoms with E-state index in [2.05, 4.69) is 15.4 Å². The van der Waals surface area contributed by atoms with E-state index >= 15 is 0 Å². The molecule has 0 aliphatic rings. The molecular formula is C12H21N3O3. The van der Waals surface area contributed by atoms with Gasteiger partial charge in [-0.05, 0) is 34.1 Å². The molecule has 1 atom stereocenters. The number of ether oxygens (including phenoxy) is 2. The summed E-state index contributed by atoms with van der Waals surface area (Å²) in [7, 11) is 0. The summed E-state index contributed by atoms with van der Waals surface area (Å²) < 4.78 is 10.8. The minimum atomic E-state index is -0.555. The first kappa shape index (κ1) is 14.6. The molecule has 6 heteroatoms. The third kappa shape index (κ3) is 3.80. The zero-order valence-electron chi connectivity index (χ0n) is 11.6. The van der Waals surface area contributed by atoms with Crippen molar-refractivity contribution in [1.82, 2.24) is 15.4 Å². The molecule has 0 bridgehead atoms. The molecule has 1 aromatic rings. The van der Waals surface area contributed by atoms with Crippen LogP contribution in [0.15, 0.2) is 0 Å². The highest BCUT2D eigenvalue weighted by molar-refractivity contribution is 5.88. The molecule has 0 aliphatic carbocycles.